The number of carbonyl (C=O) groups excluding carboxylic acids is 1. The maximum atomic E-state index is 12.3. The minimum atomic E-state index is -0.424. The van der Waals surface area contributed by atoms with E-state index in [0.717, 1.165) is 25.7 Å². The molecule has 0 aromatic carbocycles. The number of carbonyl (C=O) groups is 1. The van der Waals surface area contributed by atoms with E-state index in [0.29, 0.717) is 11.7 Å². The predicted molar refractivity (Wildman–Crippen MR) is 70.1 cm³/mol. The normalized spacial score (nSPS) is 28.9. The first-order valence-electron chi connectivity index (χ1n) is 6.79. The molecular formula is C13H22N4O2. The molecule has 0 spiro atoms. The smallest absolute Gasteiger partial charge is 0.248 e. The molecule has 1 aromatic rings. The summed E-state index contributed by atoms with van der Waals surface area (Å²) in [7, 11) is 0. The molecule has 1 aromatic heterocycles. The van der Waals surface area contributed by atoms with Crippen LogP contribution in [0.2, 0.25) is 0 Å². The van der Waals surface area contributed by atoms with Crippen molar-refractivity contribution in [1.82, 2.24) is 15.5 Å². The Kier molecular flexibility index (Phi) is 3.89. The van der Waals surface area contributed by atoms with Gasteiger partial charge >= 0.3 is 0 Å². The summed E-state index contributed by atoms with van der Waals surface area (Å²) in [6.07, 6.45) is 3.88. The molecule has 0 bridgehead atoms. The Balaban J connectivity index is 2.00. The second-order valence-electron chi connectivity index (χ2n) is 5.71. The fraction of sp³-hybridized carbons (Fsp3) is 0.769. The van der Waals surface area contributed by atoms with E-state index in [4.69, 9.17) is 10.3 Å². The number of hydrogen-bond acceptors (Lipinski definition) is 5. The van der Waals surface area contributed by atoms with Crippen LogP contribution in [0.15, 0.2) is 4.52 Å². The maximum absolute atomic E-state index is 12.3. The van der Waals surface area contributed by atoms with Crippen LogP contribution in [-0.2, 0) is 4.79 Å². The van der Waals surface area contributed by atoms with Gasteiger partial charge < -0.3 is 15.6 Å². The van der Waals surface area contributed by atoms with Crippen LogP contribution in [-0.4, -0.2) is 21.6 Å². The van der Waals surface area contributed by atoms with E-state index < -0.39 is 5.54 Å². The van der Waals surface area contributed by atoms with Gasteiger partial charge in [-0.2, -0.15) is 4.98 Å². The zero-order chi connectivity index (χ0) is 14.0. The fourth-order valence-corrected chi connectivity index (χ4v) is 2.65. The van der Waals surface area contributed by atoms with E-state index in [1.54, 1.807) is 6.92 Å². The van der Waals surface area contributed by atoms with Gasteiger partial charge in [0.05, 0.1) is 5.92 Å². The highest BCUT2D eigenvalue weighted by molar-refractivity contribution is 5.80. The Hall–Kier alpha value is -1.43. The van der Waals surface area contributed by atoms with E-state index in [9.17, 15) is 4.79 Å². The van der Waals surface area contributed by atoms with Gasteiger partial charge in [-0.05, 0) is 33.6 Å². The monoisotopic (exact) mass is 266 g/mol. The Bertz CT molecular complexity index is 455. The van der Waals surface area contributed by atoms with Crippen molar-refractivity contribution in [2.24, 2.45) is 11.7 Å². The Labute approximate surface area is 113 Å². The first-order chi connectivity index (χ1) is 8.90. The van der Waals surface area contributed by atoms with Crippen LogP contribution in [0, 0.1) is 12.8 Å². The van der Waals surface area contributed by atoms with Crippen molar-refractivity contribution in [3.05, 3.63) is 11.7 Å². The number of nitrogens with one attached hydrogen (secondary N) is 1. The van der Waals surface area contributed by atoms with Crippen LogP contribution >= 0.6 is 0 Å². The van der Waals surface area contributed by atoms with Crippen molar-refractivity contribution in [1.29, 1.82) is 0 Å². The van der Waals surface area contributed by atoms with Crippen molar-refractivity contribution in [3.63, 3.8) is 0 Å². The predicted octanol–water partition coefficient (Wildman–Crippen LogP) is 1.46. The van der Waals surface area contributed by atoms with E-state index in [1.807, 2.05) is 13.8 Å². The molecule has 1 amide bonds. The van der Waals surface area contributed by atoms with Crippen LogP contribution < -0.4 is 11.1 Å². The van der Waals surface area contributed by atoms with Crippen molar-refractivity contribution in [2.75, 3.05) is 0 Å². The molecule has 1 aliphatic rings. The average molecular weight is 266 g/mol. The van der Waals surface area contributed by atoms with Gasteiger partial charge in [0, 0.05) is 5.54 Å². The molecule has 106 valence electrons. The summed E-state index contributed by atoms with van der Waals surface area (Å²) >= 11 is 0. The maximum Gasteiger partial charge on any atom is 0.248 e. The molecular weight excluding hydrogens is 244 g/mol. The molecule has 3 unspecified atom stereocenters. The van der Waals surface area contributed by atoms with Crippen LogP contribution in [0.3, 0.4) is 0 Å². The standard InChI is InChI=1S/C13H22N4O2/c1-8(12-16-9(2)17-19-12)15-11(18)10-6-4-5-7-13(10,3)14/h8,10H,4-7,14H2,1-3H3,(H,15,18). The zero-order valence-electron chi connectivity index (χ0n) is 11.8. The summed E-state index contributed by atoms with van der Waals surface area (Å²) in [5.41, 5.74) is 5.81. The lowest BCUT2D eigenvalue weighted by Crippen LogP contribution is -2.53. The quantitative estimate of drug-likeness (QED) is 0.863. The van der Waals surface area contributed by atoms with Crippen LogP contribution in [0.4, 0.5) is 0 Å². The van der Waals surface area contributed by atoms with Gasteiger partial charge in [-0.25, -0.2) is 0 Å². The van der Waals surface area contributed by atoms with Crippen LogP contribution in [0.1, 0.15) is 57.3 Å². The van der Waals surface area contributed by atoms with Gasteiger partial charge in [0.1, 0.15) is 6.04 Å². The Morgan fingerprint density at radius 2 is 2.32 bits per heavy atom. The Morgan fingerprint density at radius 3 is 2.89 bits per heavy atom. The Morgan fingerprint density at radius 1 is 1.58 bits per heavy atom. The summed E-state index contributed by atoms with van der Waals surface area (Å²) in [5.74, 6) is 0.832. The van der Waals surface area contributed by atoms with Gasteiger partial charge in [-0.15, -0.1) is 0 Å². The molecule has 1 saturated carbocycles. The highest BCUT2D eigenvalue weighted by Gasteiger charge is 2.38. The molecule has 2 rings (SSSR count). The van der Waals surface area contributed by atoms with E-state index >= 15 is 0 Å². The summed E-state index contributed by atoms with van der Waals surface area (Å²) in [5, 5.41) is 6.64. The summed E-state index contributed by atoms with van der Waals surface area (Å²) < 4.78 is 5.06. The van der Waals surface area contributed by atoms with Crippen molar-refractivity contribution >= 4 is 5.91 Å². The largest absolute Gasteiger partial charge is 0.344 e. The highest BCUT2D eigenvalue weighted by Crippen LogP contribution is 2.32. The number of rotatable bonds is 3. The van der Waals surface area contributed by atoms with Gasteiger partial charge in [0.2, 0.25) is 11.8 Å². The molecule has 3 N–H and O–H groups in total. The first kappa shape index (κ1) is 14.0. The molecule has 1 aliphatic carbocycles. The van der Waals surface area contributed by atoms with Gasteiger partial charge in [0.25, 0.3) is 0 Å². The molecule has 0 aliphatic heterocycles. The van der Waals surface area contributed by atoms with Gasteiger partial charge in [0.15, 0.2) is 5.82 Å². The lowest BCUT2D eigenvalue weighted by atomic mass is 9.74. The first-order valence-corrected chi connectivity index (χ1v) is 6.79. The second kappa shape index (κ2) is 5.28. The zero-order valence-corrected chi connectivity index (χ0v) is 11.8. The summed E-state index contributed by atoms with van der Waals surface area (Å²) in [6.45, 7) is 5.54. The fourth-order valence-electron chi connectivity index (χ4n) is 2.65. The molecule has 3 atom stereocenters. The van der Waals surface area contributed by atoms with Gasteiger partial charge in [-0.1, -0.05) is 18.0 Å². The van der Waals surface area contributed by atoms with Gasteiger partial charge in [-0.3, -0.25) is 4.79 Å². The average Bonchev–Trinajstić information content (AvgIpc) is 2.75. The lowest BCUT2D eigenvalue weighted by molar-refractivity contribution is -0.129. The van der Waals surface area contributed by atoms with Crippen molar-refractivity contribution < 1.29 is 9.32 Å². The van der Waals surface area contributed by atoms with Crippen molar-refractivity contribution in [3.8, 4) is 0 Å². The number of aryl methyl sites for hydroxylation is 1. The summed E-state index contributed by atoms with van der Waals surface area (Å²) in [6, 6.07) is -0.286. The number of hydrogen-bond donors (Lipinski definition) is 2. The second-order valence-corrected chi connectivity index (χ2v) is 5.71. The molecule has 1 fully saturated rings. The van der Waals surface area contributed by atoms with Crippen LogP contribution in [0.25, 0.3) is 0 Å². The van der Waals surface area contributed by atoms with E-state index in [2.05, 4.69) is 15.5 Å². The number of amides is 1. The minimum Gasteiger partial charge on any atom is -0.344 e. The third-order valence-corrected chi connectivity index (χ3v) is 3.84. The number of nitrogens with zero attached hydrogens (tertiary/aromatic N) is 2. The molecule has 0 saturated heterocycles. The third kappa shape index (κ3) is 3.12. The SMILES string of the molecule is Cc1noc(C(C)NC(=O)C2CCCCC2(C)N)n1. The minimum absolute atomic E-state index is 0.0203. The van der Waals surface area contributed by atoms with Crippen LogP contribution in [0.5, 0.6) is 0 Å². The van der Waals surface area contributed by atoms with E-state index in [-0.39, 0.29) is 17.9 Å². The summed E-state index contributed by atoms with van der Waals surface area (Å²) in [4.78, 5) is 16.4. The topological polar surface area (TPSA) is 94.0 Å². The lowest BCUT2D eigenvalue weighted by Gasteiger charge is -2.37. The number of nitrogens with two attached hydrogens (primary N) is 1. The highest BCUT2D eigenvalue weighted by atomic mass is 16.5. The van der Waals surface area contributed by atoms with E-state index in [1.165, 1.54) is 0 Å². The molecule has 19 heavy (non-hydrogen) atoms. The third-order valence-electron chi connectivity index (χ3n) is 3.84. The number of aromatic nitrogens is 2. The molecule has 6 nitrogen and oxygen atoms in total. The molecule has 0 radical (unpaired) electrons. The molecule has 1 heterocycles. The van der Waals surface area contributed by atoms with Crippen molar-refractivity contribution in [2.45, 2.75) is 58.0 Å². The molecule has 6 heteroatoms.